The van der Waals surface area contributed by atoms with Crippen molar-refractivity contribution in [3.8, 4) is 0 Å². The summed E-state index contributed by atoms with van der Waals surface area (Å²) in [6.07, 6.45) is 0.0193. The van der Waals surface area contributed by atoms with Gasteiger partial charge in [-0.1, -0.05) is 0 Å². The van der Waals surface area contributed by atoms with E-state index in [0.717, 1.165) is 0 Å². The van der Waals surface area contributed by atoms with Crippen molar-refractivity contribution in [3.63, 3.8) is 0 Å². The third-order valence-corrected chi connectivity index (χ3v) is 2.04. The predicted octanol–water partition coefficient (Wildman–Crippen LogP) is 0.0453. The number of hydrogen-bond donors (Lipinski definition) is 2. The van der Waals surface area contributed by atoms with E-state index in [2.05, 4.69) is 0 Å². The van der Waals surface area contributed by atoms with Crippen molar-refractivity contribution in [2.75, 3.05) is 6.54 Å². The van der Waals surface area contributed by atoms with Crippen molar-refractivity contribution >= 4 is 11.9 Å². The number of hydrogen-bond acceptors (Lipinski definition) is 3. The van der Waals surface area contributed by atoms with E-state index < -0.39 is 11.9 Å². The monoisotopic (exact) mass is 202 g/mol. The van der Waals surface area contributed by atoms with Gasteiger partial charge in [0.15, 0.2) is 0 Å². The van der Waals surface area contributed by atoms with Crippen LogP contribution in [0.1, 0.15) is 27.2 Å². The Morgan fingerprint density at radius 2 is 1.86 bits per heavy atom. The molecule has 0 spiro atoms. The molecule has 0 aromatic rings. The molecule has 82 valence electrons. The van der Waals surface area contributed by atoms with Crippen LogP contribution in [-0.2, 0) is 9.59 Å². The zero-order chi connectivity index (χ0) is 11.3. The van der Waals surface area contributed by atoms with Crippen molar-refractivity contribution < 1.29 is 14.7 Å². The fourth-order valence-electron chi connectivity index (χ4n) is 1.40. The minimum atomic E-state index is -0.868. The van der Waals surface area contributed by atoms with Crippen LogP contribution in [0.3, 0.4) is 0 Å². The van der Waals surface area contributed by atoms with E-state index in [1.807, 2.05) is 13.8 Å². The van der Waals surface area contributed by atoms with Gasteiger partial charge in [-0.05, 0) is 20.8 Å². The standard InChI is InChI=1S/C9H18N2O3/c1-6(2)11(5-8(10)12)7(3)4-9(13)14/h6-7H,4-5H2,1-3H3,(H2,10,12)(H,13,14). The molecule has 3 N–H and O–H groups in total. The van der Waals surface area contributed by atoms with E-state index in [4.69, 9.17) is 10.8 Å². The van der Waals surface area contributed by atoms with Crippen LogP contribution >= 0.6 is 0 Å². The summed E-state index contributed by atoms with van der Waals surface area (Å²) in [6, 6.07) is -0.0724. The molecule has 5 heteroatoms. The number of carbonyl (C=O) groups is 2. The number of primary amides is 1. The van der Waals surface area contributed by atoms with Gasteiger partial charge in [-0.25, -0.2) is 0 Å². The van der Waals surface area contributed by atoms with Gasteiger partial charge in [0.2, 0.25) is 5.91 Å². The molecule has 0 radical (unpaired) electrons. The van der Waals surface area contributed by atoms with Crippen molar-refractivity contribution in [1.29, 1.82) is 0 Å². The van der Waals surface area contributed by atoms with E-state index in [0.29, 0.717) is 0 Å². The first kappa shape index (κ1) is 12.9. The summed E-state index contributed by atoms with van der Waals surface area (Å²) in [7, 11) is 0. The zero-order valence-electron chi connectivity index (χ0n) is 8.86. The Balaban J connectivity index is 4.32. The molecule has 1 amide bonds. The van der Waals surface area contributed by atoms with E-state index in [-0.39, 0.29) is 25.0 Å². The molecule has 14 heavy (non-hydrogen) atoms. The van der Waals surface area contributed by atoms with Crippen molar-refractivity contribution in [2.45, 2.75) is 39.3 Å². The Bertz CT molecular complexity index is 216. The van der Waals surface area contributed by atoms with E-state index in [9.17, 15) is 9.59 Å². The number of rotatable bonds is 6. The van der Waals surface area contributed by atoms with Gasteiger partial charge in [-0.3, -0.25) is 14.5 Å². The lowest BCUT2D eigenvalue weighted by atomic mass is 10.1. The zero-order valence-corrected chi connectivity index (χ0v) is 8.86. The van der Waals surface area contributed by atoms with Gasteiger partial charge in [0.1, 0.15) is 0 Å². The maximum absolute atomic E-state index is 10.7. The Morgan fingerprint density at radius 1 is 1.36 bits per heavy atom. The average molecular weight is 202 g/mol. The smallest absolute Gasteiger partial charge is 0.304 e. The van der Waals surface area contributed by atoms with Gasteiger partial charge in [0, 0.05) is 12.1 Å². The number of nitrogens with two attached hydrogens (primary N) is 1. The molecule has 0 heterocycles. The van der Waals surface area contributed by atoms with Crippen molar-refractivity contribution in [1.82, 2.24) is 4.90 Å². The maximum atomic E-state index is 10.7. The van der Waals surface area contributed by atoms with Crippen molar-refractivity contribution in [2.24, 2.45) is 5.73 Å². The molecule has 0 aromatic heterocycles. The largest absolute Gasteiger partial charge is 0.481 e. The van der Waals surface area contributed by atoms with Crippen LogP contribution in [0.5, 0.6) is 0 Å². The third-order valence-electron chi connectivity index (χ3n) is 2.04. The Hall–Kier alpha value is -1.10. The molecule has 0 bridgehead atoms. The topological polar surface area (TPSA) is 83.6 Å². The maximum Gasteiger partial charge on any atom is 0.304 e. The van der Waals surface area contributed by atoms with Gasteiger partial charge in [-0.15, -0.1) is 0 Å². The van der Waals surface area contributed by atoms with Crippen LogP contribution in [0.15, 0.2) is 0 Å². The number of carboxylic acid groups (broad SMARTS) is 1. The minimum Gasteiger partial charge on any atom is -0.481 e. The van der Waals surface area contributed by atoms with Crippen LogP contribution in [0.2, 0.25) is 0 Å². The van der Waals surface area contributed by atoms with Crippen molar-refractivity contribution in [3.05, 3.63) is 0 Å². The molecule has 0 fully saturated rings. The molecule has 0 aliphatic rings. The molecule has 0 aromatic carbocycles. The highest BCUT2D eigenvalue weighted by Crippen LogP contribution is 2.08. The summed E-state index contributed by atoms with van der Waals surface area (Å²) < 4.78 is 0. The van der Waals surface area contributed by atoms with Gasteiger partial charge in [-0.2, -0.15) is 0 Å². The highest BCUT2D eigenvalue weighted by atomic mass is 16.4. The number of carboxylic acids is 1. The predicted molar refractivity (Wildman–Crippen MR) is 52.8 cm³/mol. The SMILES string of the molecule is CC(C)N(CC(N)=O)C(C)CC(=O)O. The first-order valence-corrected chi connectivity index (χ1v) is 4.60. The minimum absolute atomic E-state index is 0.0193. The molecule has 1 unspecified atom stereocenters. The second kappa shape index (κ2) is 5.59. The summed E-state index contributed by atoms with van der Waals surface area (Å²) in [5.41, 5.74) is 5.07. The lowest BCUT2D eigenvalue weighted by Gasteiger charge is -2.30. The third kappa shape index (κ3) is 4.81. The fraction of sp³-hybridized carbons (Fsp3) is 0.778. The lowest BCUT2D eigenvalue weighted by Crippen LogP contribution is -2.44. The van der Waals surface area contributed by atoms with Crippen LogP contribution in [0, 0.1) is 0 Å². The fourth-order valence-corrected chi connectivity index (χ4v) is 1.40. The molecule has 0 aliphatic carbocycles. The second-order valence-electron chi connectivity index (χ2n) is 3.68. The molecular weight excluding hydrogens is 184 g/mol. The van der Waals surface area contributed by atoms with Gasteiger partial charge >= 0.3 is 5.97 Å². The molecule has 0 rings (SSSR count). The van der Waals surface area contributed by atoms with Gasteiger partial charge in [0.05, 0.1) is 13.0 Å². The Kier molecular flexibility index (Phi) is 5.15. The van der Waals surface area contributed by atoms with Crippen LogP contribution in [0.25, 0.3) is 0 Å². The lowest BCUT2D eigenvalue weighted by molar-refractivity contribution is -0.139. The highest BCUT2D eigenvalue weighted by Gasteiger charge is 2.20. The molecular formula is C9H18N2O3. The number of amides is 1. The number of carbonyl (C=O) groups excluding carboxylic acids is 1. The highest BCUT2D eigenvalue weighted by molar-refractivity contribution is 5.76. The summed E-state index contributed by atoms with van der Waals surface area (Å²) >= 11 is 0. The molecule has 0 aliphatic heterocycles. The number of aliphatic carboxylic acids is 1. The van der Waals surface area contributed by atoms with Crippen LogP contribution in [0.4, 0.5) is 0 Å². The summed E-state index contributed by atoms with van der Waals surface area (Å²) in [4.78, 5) is 23.0. The first-order valence-electron chi connectivity index (χ1n) is 4.60. The molecule has 0 saturated carbocycles. The van der Waals surface area contributed by atoms with Crippen LogP contribution < -0.4 is 5.73 Å². The molecule has 1 atom stereocenters. The quantitative estimate of drug-likeness (QED) is 0.637. The Labute approximate surface area is 83.9 Å². The molecule has 0 saturated heterocycles. The number of nitrogens with zero attached hydrogens (tertiary/aromatic N) is 1. The van der Waals surface area contributed by atoms with Gasteiger partial charge in [0.25, 0.3) is 0 Å². The summed E-state index contributed by atoms with van der Waals surface area (Å²) in [5.74, 6) is -1.30. The molecule has 5 nitrogen and oxygen atoms in total. The average Bonchev–Trinajstić information content (AvgIpc) is 1.97. The Morgan fingerprint density at radius 3 is 2.14 bits per heavy atom. The second-order valence-corrected chi connectivity index (χ2v) is 3.68. The first-order chi connectivity index (χ1) is 6.34. The van der Waals surface area contributed by atoms with Crippen LogP contribution in [-0.4, -0.2) is 40.5 Å². The van der Waals surface area contributed by atoms with E-state index >= 15 is 0 Å². The normalized spacial score (nSPS) is 13.2. The van der Waals surface area contributed by atoms with Gasteiger partial charge < -0.3 is 10.8 Å². The van der Waals surface area contributed by atoms with E-state index in [1.54, 1.807) is 11.8 Å². The summed E-state index contributed by atoms with van der Waals surface area (Å²) in [6.45, 7) is 5.69. The van der Waals surface area contributed by atoms with E-state index in [1.165, 1.54) is 0 Å². The summed E-state index contributed by atoms with van der Waals surface area (Å²) in [5, 5.41) is 8.61.